The number of nitrogens with one attached hydrogen (secondary N) is 1. The molecule has 1 aromatic heterocycles. The third kappa shape index (κ3) is 3.75. The zero-order valence-corrected chi connectivity index (χ0v) is 10.7. The number of rotatable bonds is 4. The van der Waals surface area contributed by atoms with Crippen molar-refractivity contribution in [3.8, 4) is 0 Å². The van der Waals surface area contributed by atoms with Crippen LogP contribution in [0.1, 0.15) is 5.69 Å². The van der Waals surface area contributed by atoms with E-state index in [1.807, 2.05) is 17.0 Å². The largest absolute Gasteiger partial charge is 0.339 e. The molecule has 98 valence electrons. The van der Waals surface area contributed by atoms with Crippen molar-refractivity contribution in [3.63, 3.8) is 0 Å². The van der Waals surface area contributed by atoms with E-state index < -0.39 is 0 Å². The lowest BCUT2D eigenvalue weighted by Crippen LogP contribution is -2.49. The summed E-state index contributed by atoms with van der Waals surface area (Å²) < 4.78 is 0. The van der Waals surface area contributed by atoms with Gasteiger partial charge in [0.15, 0.2) is 0 Å². The maximum atomic E-state index is 11.9. The maximum absolute atomic E-state index is 11.9. The quantitative estimate of drug-likeness (QED) is 0.767. The molecule has 6 heteroatoms. The van der Waals surface area contributed by atoms with Gasteiger partial charge in [-0.25, -0.2) is 0 Å². The standard InChI is InChI=1S/C12H19N5O/c1-16-5-7-17(8-6-16)12(18)10-13-9-11-3-2-4-14-15-11/h2-4,13H,5-10H2,1H3. The Kier molecular flexibility index (Phi) is 4.60. The van der Waals surface area contributed by atoms with E-state index in [0.29, 0.717) is 13.1 Å². The summed E-state index contributed by atoms with van der Waals surface area (Å²) in [4.78, 5) is 16.0. The monoisotopic (exact) mass is 249 g/mol. The van der Waals surface area contributed by atoms with E-state index >= 15 is 0 Å². The molecule has 1 amide bonds. The SMILES string of the molecule is CN1CCN(C(=O)CNCc2cccnn2)CC1. The molecule has 0 atom stereocenters. The van der Waals surface area contributed by atoms with Crippen LogP contribution in [0.25, 0.3) is 0 Å². The minimum absolute atomic E-state index is 0.159. The molecule has 1 saturated heterocycles. The molecule has 0 saturated carbocycles. The second-order valence-corrected chi connectivity index (χ2v) is 4.50. The van der Waals surface area contributed by atoms with Crippen LogP contribution in [0.4, 0.5) is 0 Å². The first-order valence-electron chi connectivity index (χ1n) is 6.19. The van der Waals surface area contributed by atoms with Crippen LogP contribution in [0.3, 0.4) is 0 Å². The second-order valence-electron chi connectivity index (χ2n) is 4.50. The van der Waals surface area contributed by atoms with Crippen LogP contribution in [-0.2, 0) is 11.3 Å². The van der Waals surface area contributed by atoms with Gasteiger partial charge in [0, 0.05) is 38.9 Å². The highest BCUT2D eigenvalue weighted by Crippen LogP contribution is 1.99. The Balaban J connectivity index is 1.69. The van der Waals surface area contributed by atoms with Crippen molar-refractivity contribution in [3.05, 3.63) is 24.0 Å². The molecular formula is C12H19N5O. The summed E-state index contributed by atoms with van der Waals surface area (Å²) in [5.74, 6) is 0.159. The average Bonchev–Trinajstić information content (AvgIpc) is 2.40. The summed E-state index contributed by atoms with van der Waals surface area (Å²) in [5, 5.41) is 10.8. The fourth-order valence-corrected chi connectivity index (χ4v) is 1.89. The highest BCUT2D eigenvalue weighted by atomic mass is 16.2. The van der Waals surface area contributed by atoms with Gasteiger partial charge in [-0.15, -0.1) is 0 Å². The molecule has 0 aromatic carbocycles. The Morgan fingerprint density at radius 2 is 2.17 bits per heavy atom. The topological polar surface area (TPSA) is 61.4 Å². The van der Waals surface area contributed by atoms with Crippen LogP contribution < -0.4 is 5.32 Å². The molecule has 1 aromatic rings. The molecule has 6 nitrogen and oxygen atoms in total. The Morgan fingerprint density at radius 1 is 1.39 bits per heavy atom. The van der Waals surface area contributed by atoms with E-state index in [1.54, 1.807) is 6.20 Å². The zero-order chi connectivity index (χ0) is 12.8. The summed E-state index contributed by atoms with van der Waals surface area (Å²) in [5.41, 5.74) is 0.851. The van der Waals surface area contributed by atoms with E-state index in [4.69, 9.17) is 0 Å². The van der Waals surface area contributed by atoms with Crippen molar-refractivity contribution in [2.75, 3.05) is 39.8 Å². The van der Waals surface area contributed by atoms with Gasteiger partial charge in [-0.2, -0.15) is 10.2 Å². The van der Waals surface area contributed by atoms with Crippen molar-refractivity contribution in [2.45, 2.75) is 6.54 Å². The molecule has 1 fully saturated rings. The minimum Gasteiger partial charge on any atom is -0.339 e. The number of hydrogen-bond acceptors (Lipinski definition) is 5. The van der Waals surface area contributed by atoms with Crippen molar-refractivity contribution in [2.24, 2.45) is 0 Å². The molecule has 2 rings (SSSR count). The van der Waals surface area contributed by atoms with Gasteiger partial charge in [0.05, 0.1) is 12.2 Å². The molecule has 0 aliphatic carbocycles. The highest BCUT2D eigenvalue weighted by molar-refractivity contribution is 5.78. The molecule has 1 aliphatic rings. The summed E-state index contributed by atoms with van der Waals surface area (Å²) in [6, 6.07) is 3.73. The third-order valence-corrected chi connectivity index (χ3v) is 3.07. The molecule has 1 aliphatic heterocycles. The minimum atomic E-state index is 0.159. The number of nitrogens with zero attached hydrogens (tertiary/aromatic N) is 4. The fraction of sp³-hybridized carbons (Fsp3) is 0.583. The number of likely N-dealkylation sites (N-methyl/N-ethyl adjacent to an activating group) is 1. The Morgan fingerprint density at radius 3 is 2.83 bits per heavy atom. The predicted molar refractivity (Wildman–Crippen MR) is 67.8 cm³/mol. The van der Waals surface area contributed by atoms with Gasteiger partial charge in [0.1, 0.15) is 0 Å². The zero-order valence-electron chi connectivity index (χ0n) is 10.7. The van der Waals surface area contributed by atoms with E-state index in [0.717, 1.165) is 31.9 Å². The lowest BCUT2D eigenvalue weighted by Gasteiger charge is -2.32. The summed E-state index contributed by atoms with van der Waals surface area (Å²) >= 11 is 0. The van der Waals surface area contributed by atoms with Gasteiger partial charge in [0.2, 0.25) is 5.91 Å². The molecule has 0 spiro atoms. The number of carbonyl (C=O) groups excluding carboxylic acids is 1. The molecule has 18 heavy (non-hydrogen) atoms. The molecule has 2 heterocycles. The second kappa shape index (κ2) is 6.42. The van der Waals surface area contributed by atoms with Crippen LogP contribution in [0.15, 0.2) is 18.3 Å². The van der Waals surface area contributed by atoms with Gasteiger partial charge in [-0.1, -0.05) is 0 Å². The van der Waals surface area contributed by atoms with Crippen molar-refractivity contribution < 1.29 is 4.79 Å². The van der Waals surface area contributed by atoms with Gasteiger partial charge < -0.3 is 15.1 Å². The van der Waals surface area contributed by atoms with Crippen molar-refractivity contribution >= 4 is 5.91 Å². The van der Waals surface area contributed by atoms with Gasteiger partial charge in [-0.05, 0) is 19.2 Å². The van der Waals surface area contributed by atoms with Crippen LogP contribution in [0.5, 0.6) is 0 Å². The van der Waals surface area contributed by atoms with Crippen molar-refractivity contribution in [1.82, 2.24) is 25.3 Å². The van der Waals surface area contributed by atoms with Crippen LogP contribution in [0, 0.1) is 0 Å². The Hall–Kier alpha value is -1.53. The normalized spacial score (nSPS) is 16.8. The summed E-state index contributed by atoms with van der Waals surface area (Å²) in [7, 11) is 2.08. The molecule has 0 bridgehead atoms. The molecule has 0 radical (unpaired) electrons. The number of hydrogen-bond donors (Lipinski definition) is 1. The molecular weight excluding hydrogens is 230 g/mol. The Labute approximate surface area is 107 Å². The first-order valence-corrected chi connectivity index (χ1v) is 6.19. The predicted octanol–water partition coefficient (Wildman–Crippen LogP) is -0.660. The first kappa shape index (κ1) is 12.9. The number of piperazine rings is 1. The van der Waals surface area contributed by atoms with Crippen LogP contribution >= 0.6 is 0 Å². The van der Waals surface area contributed by atoms with E-state index in [1.165, 1.54) is 0 Å². The maximum Gasteiger partial charge on any atom is 0.236 e. The molecule has 1 N–H and O–H groups in total. The van der Waals surface area contributed by atoms with Gasteiger partial charge >= 0.3 is 0 Å². The lowest BCUT2D eigenvalue weighted by atomic mass is 10.3. The molecule has 0 unspecified atom stereocenters. The highest BCUT2D eigenvalue weighted by Gasteiger charge is 2.18. The number of carbonyl (C=O) groups is 1. The van der Waals surface area contributed by atoms with Crippen LogP contribution in [0.2, 0.25) is 0 Å². The van der Waals surface area contributed by atoms with Gasteiger partial charge in [0.25, 0.3) is 0 Å². The fourth-order valence-electron chi connectivity index (χ4n) is 1.89. The summed E-state index contributed by atoms with van der Waals surface area (Å²) in [6.07, 6.45) is 1.64. The Bertz CT molecular complexity index is 375. The van der Waals surface area contributed by atoms with E-state index in [2.05, 4.69) is 27.5 Å². The third-order valence-electron chi connectivity index (χ3n) is 3.07. The van der Waals surface area contributed by atoms with Crippen LogP contribution in [-0.4, -0.2) is 65.7 Å². The first-order chi connectivity index (χ1) is 8.75. The van der Waals surface area contributed by atoms with Gasteiger partial charge in [-0.3, -0.25) is 4.79 Å². The summed E-state index contributed by atoms with van der Waals surface area (Å²) in [6.45, 7) is 4.49. The average molecular weight is 249 g/mol. The smallest absolute Gasteiger partial charge is 0.236 e. The number of amides is 1. The lowest BCUT2D eigenvalue weighted by molar-refractivity contribution is -0.131. The van der Waals surface area contributed by atoms with E-state index in [9.17, 15) is 4.79 Å². The number of aromatic nitrogens is 2. The van der Waals surface area contributed by atoms with Crippen molar-refractivity contribution in [1.29, 1.82) is 0 Å². The van der Waals surface area contributed by atoms with E-state index in [-0.39, 0.29) is 5.91 Å².